The van der Waals surface area contributed by atoms with Crippen molar-refractivity contribution in [3.05, 3.63) is 36.1 Å². The Morgan fingerprint density at radius 3 is 2.81 bits per heavy atom. The Bertz CT molecular complexity index is 653. The fourth-order valence-corrected chi connectivity index (χ4v) is 1.58. The third-order valence-electron chi connectivity index (χ3n) is 2.35. The zero-order valence-corrected chi connectivity index (χ0v) is 8.71. The van der Waals surface area contributed by atoms with Crippen LogP contribution in [0.4, 0.5) is 5.82 Å². The van der Waals surface area contributed by atoms with Crippen molar-refractivity contribution in [3.8, 4) is 11.6 Å². The van der Waals surface area contributed by atoms with Gasteiger partial charge in [0.1, 0.15) is 11.6 Å². The van der Waals surface area contributed by atoms with Crippen molar-refractivity contribution >= 4 is 11.5 Å². The van der Waals surface area contributed by atoms with E-state index < -0.39 is 0 Å². The third kappa shape index (κ3) is 1.25. The van der Waals surface area contributed by atoms with Crippen LogP contribution in [0.5, 0.6) is 0 Å². The quantitative estimate of drug-likeness (QED) is 0.671. The van der Waals surface area contributed by atoms with Crippen LogP contribution in [0.25, 0.3) is 17.2 Å². The topological polar surface area (TPSA) is 69.3 Å². The van der Waals surface area contributed by atoms with Gasteiger partial charge >= 0.3 is 0 Å². The first-order valence-corrected chi connectivity index (χ1v) is 4.92. The predicted molar refractivity (Wildman–Crippen MR) is 59.8 cm³/mol. The van der Waals surface area contributed by atoms with Gasteiger partial charge in [-0.3, -0.25) is 0 Å². The Morgan fingerprint density at radius 1 is 1.25 bits per heavy atom. The summed E-state index contributed by atoms with van der Waals surface area (Å²) in [6, 6.07) is 9.20. The van der Waals surface area contributed by atoms with Gasteiger partial charge in [0.05, 0.1) is 0 Å². The van der Waals surface area contributed by atoms with Crippen LogP contribution in [0.3, 0.4) is 0 Å². The van der Waals surface area contributed by atoms with E-state index in [9.17, 15) is 0 Å². The largest absolute Gasteiger partial charge is 0.458 e. The lowest BCUT2D eigenvalue weighted by Crippen LogP contribution is -1.96. The van der Waals surface area contributed by atoms with Crippen LogP contribution in [-0.4, -0.2) is 14.6 Å². The van der Waals surface area contributed by atoms with E-state index in [0.29, 0.717) is 23.0 Å². The van der Waals surface area contributed by atoms with Gasteiger partial charge in [-0.2, -0.15) is 4.52 Å². The summed E-state index contributed by atoms with van der Waals surface area (Å²) in [6.45, 7) is 1.88. The van der Waals surface area contributed by atoms with Gasteiger partial charge in [-0.05, 0) is 31.2 Å². The molecule has 3 heterocycles. The molecule has 0 aliphatic rings. The highest BCUT2D eigenvalue weighted by Gasteiger charge is 2.10. The Balaban J connectivity index is 2.22. The van der Waals surface area contributed by atoms with Gasteiger partial charge < -0.3 is 10.2 Å². The van der Waals surface area contributed by atoms with Crippen LogP contribution in [-0.2, 0) is 0 Å². The summed E-state index contributed by atoms with van der Waals surface area (Å²) in [5.74, 6) is 2.59. The van der Waals surface area contributed by atoms with E-state index in [1.54, 1.807) is 10.6 Å². The van der Waals surface area contributed by atoms with Gasteiger partial charge in [-0.25, -0.2) is 4.98 Å². The summed E-state index contributed by atoms with van der Waals surface area (Å²) in [5.41, 5.74) is 6.49. The highest BCUT2D eigenvalue weighted by molar-refractivity contribution is 5.55. The first-order chi connectivity index (χ1) is 7.74. The molecule has 80 valence electrons. The van der Waals surface area contributed by atoms with Crippen LogP contribution in [0.1, 0.15) is 5.76 Å². The minimum atomic E-state index is 0.547. The second kappa shape index (κ2) is 3.10. The number of aromatic nitrogens is 3. The smallest absolute Gasteiger partial charge is 0.217 e. The molecule has 3 rings (SSSR count). The molecule has 0 amide bonds. The van der Waals surface area contributed by atoms with Crippen molar-refractivity contribution in [1.82, 2.24) is 14.6 Å². The van der Waals surface area contributed by atoms with Crippen molar-refractivity contribution in [3.63, 3.8) is 0 Å². The molecule has 5 heteroatoms. The molecule has 0 atom stereocenters. The molecule has 0 saturated carbocycles. The van der Waals surface area contributed by atoms with E-state index in [-0.39, 0.29) is 0 Å². The van der Waals surface area contributed by atoms with Gasteiger partial charge in [0, 0.05) is 0 Å². The van der Waals surface area contributed by atoms with Crippen LogP contribution in [0, 0.1) is 6.92 Å². The standard InChI is InChI=1S/C11H10N4O/c1-7-5-6-8(16-7)11-13-10-4-2-3-9(12)15(10)14-11/h2-6H,12H2,1H3. The monoisotopic (exact) mass is 214 g/mol. The number of nitrogen functional groups attached to an aromatic ring is 1. The number of nitrogens with two attached hydrogens (primary N) is 1. The molecule has 0 bridgehead atoms. The molecule has 0 aromatic carbocycles. The van der Waals surface area contributed by atoms with Gasteiger partial charge in [0.15, 0.2) is 11.4 Å². The number of rotatable bonds is 1. The fourth-order valence-electron chi connectivity index (χ4n) is 1.58. The summed E-state index contributed by atoms with van der Waals surface area (Å²) in [4.78, 5) is 4.34. The molecule has 0 radical (unpaired) electrons. The van der Waals surface area contributed by atoms with Crippen LogP contribution in [0.2, 0.25) is 0 Å². The van der Waals surface area contributed by atoms with Crippen molar-refractivity contribution in [2.24, 2.45) is 0 Å². The molecule has 0 fully saturated rings. The average Bonchev–Trinajstić information content (AvgIpc) is 2.84. The van der Waals surface area contributed by atoms with E-state index in [1.807, 2.05) is 31.2 Å². The van der Waals surface area contributed by atoms with E-state index >= 15 is 0 Å². The van der Waals surface area contributed by atoms with Gasteiger partial charge in [0.2, 0.25) is 5.82 Å². The Kier molecular flexibility index (Phi) is 1.73. The lowest BCUT2D eigenvalue weighted by molar-refractivity contribution is 0.544. The lowest BCUT2D eigenvalue weighted by Gasteiger charge is -1.93. The van der Waals surface area contributed by atoms with Gasteiger partial charge in [-0.1, -0.05) is 6.07 Å². The lowest BCUT2D eigenvalue weighted by atomic mass is 10.4. The first-order valence-electron chi connectivity index (χ1n) is 4.92. The summed E-state index contributed by atoms with van der Waals surface area (Å²) in [6.07, 6.45) is 0. The van der Waals surface area contributed by atoms with Crippen molar-refractivity contribution in [2.75, 3.05) is 5.73 Å². The highest BCUT2D eigenvalue weighted by atomic mass is 16.3. The molecule has 0 spiro atoms. The number of aryl methyl sites for hydroxylation is 1. The molecule has 0 aliphatic heterocycles. The van der Waals surface area contributed by atoms with E-state index in [1.165, 1.54) is 0 Å². The van der Waals surface area contributed by atoms with Crippen molar-refractivity contribution in [2.45, 2.75) is 6.92 Å². The SMILES string of the molecule is Cc1ccc(-c2nc3cccc(N)n3n2)o1. The maximum atomic E-state index is 5.78. The van der Waals surface area contributed by atoms with Crippen molar-refractivity contribution < 1.29 is 4.42 Å². The molecule has 5 nitrogen and oxygen atoms in total. The molecule has 16 heavy (non-hydrogen) atoms. The molecule has 3 aromatic heterocycles. The van der Waals surface area contributed by atoms with Crippen LogP contribution >= 0.6 is 0 Å². The third-order valence-corrected chi connectivity index (χ3v) is 2.35. The molecular formula is C11H10N4O. The van der Waals surface area contributed by atoms with E-state index in [4.69, 9.17) is 10.2 Å². The van der Waals surface area contributed by atoms with Crippen LogP contribution in [0.15, 0.2) is 34.7 Å². The van der Waals surface area contributed by atoms with Gasteiger partial charge in [0.25, 0.3) is 0 Å². The molecule has 2 N–H and O–H groups in total. The maximum Gasteiger partial charge on any atom is 0.217 e. The molecule has 0 saturated heterocycles. The zero-order valence-electron chi connectivity index (χ0n) is 8.71. The molecule has 3 aromatic rings. The average molecular weight is 214 g/mol. The normalized spacial score (nSPS) is 11.1. The Labute approximate surface area is 91.5 Å². The highest BCUT2D eigenvalue weighted by Crippen LogP contribution is 2.19. The second-order valence-corrected chi connectivity index (χ2v) is 3.57. The molecule has 0 unspecified atom stereocenters. The minimum Gasteiger partial charge on any atom is -0.458 e. The predicted octanol–water partition coefficient (Wildman–Crippen LogP) is 1.88. The Hall–Kier alpha value is -2.30. The minimum absolute atomic E-state index is 0.547. The maximum absolute atomic E-state index is 5.78. The van der Waals surface area contributed by atoms with Crippen LogP contribution < -0.4 is 5.73 Å². The number of anilines is 1. The summed E-state index contributed by atoms with van der Waals surface area (Å²) in [7, 11) is 0. The fraction of sp³-hybridized carbons (Fsp3) is 0.0909. The number of furan rings is 1. The van der Waals surface area contributed by atoms with Crippen molar-refractivity contribution in [1.29, 1.82) is 0 Å². The number of nitrogens with zero attached hydrogens (tertiary/aromatic N) is 3. The van der Waals surface area contributed by atoms with E-state index in [0.717, 1.165) is 5.76 Å². The first kappa shape index (κ1) is 8.96. The Morgan fingerprint density at radius 2 is 2.12 bits per heavy atom. The molecule has 0 aliphatic carbocycles. The summed E-state index contributed by atoms with van der Waals surface area (Å²) in [5, 5.41) is 4.28. The van der Waals surface area contributed by atoms with E-state index in [2.05, 4.69) is 10.1 Å². The number of hydrogen-bond donors (Lipinski definition) is 1. The summed E-state index contributed by atoms with van der Waals surface area (Å²) < 4.78 is 7.05. The number of hydrogen-bond acceptors (Lipinski definition) is 4. The van der Waals surface area contributed by atoms with Gasteiger partial charge in [-0.15, -0.1) is 5.10 Å². The number of pyridine rings is 1. The molecular weight excluding hydrogens is 204 g/mol. The number of fused-ring (bicyclic) bond motifs is 1. The zero-order chi connectivity index (χ0) is 11.1. The summed E-state index contributed by atoms with van der Waals surface area (Å²) >= 11 is 0. The second-order valence-electron chi connectivity index (χ2n) is 3.57.